The van der Waals surface area contributed by atoms with Crippen LogP contribution in [0.25, 0.3) is 0 Å². The van der Waals surface area contributed by atoms with Gasteiger partial charge in [-0.1, -0.05) is 43.3 Å². The van der Waals surface area contributed by atoms with Crippen LogP contribution in [-0.4, -0.2) is 5.71 Å². The van der Waals surface area contributed by atoms with E-state index < -0.39 is 0 Å². The lowest BCUT2D eigenvalue weighted by atomic mass is 9.73. The maximum atomic E-state index is 7.95. The first kappa shape index (κ1) is 12.7. The van der Waals surface area contributed by atoms with E-state index in [1.807, 2.05) is 13.8 Å². The highest BCUT2D eigenvalue weighted by atomic mass is 14.5. The monoisotopic (exact) mass is 215 g/mol. The average molecular weight is 215 g/mol. The molecule has 0 aliphatic carbocycles. The lowest BCUT2D eigenvalue weighted by molar-refractivity contribution is 0.743. The van der Waals surface area contributed by atoms with Crippen molar-refractivity contribution in [3.63, 3.8) is 0 Å². The van der Waals surface area contributed by atoms with E-state index in [-0.39, 0.29) is 5.41 Å². The second kappa shape index (κ2) is 4.65. The Morgan fingerprint density at radius 3 is 2.06 bits per heavy atom. The Morgan fingerprint density at radius 1 is 1.25 bits per heavy atom. The summed E-state index contributed by atoms with van der Waals surface area (Å²) in [7, 11) is 0. The Balaban J connectivity index is 3.22. The molecule has 0 radical (unpaired) electrons. The third-order valence-corrected chi connectivity index (χ3v) is 3.54. The van der Waals surface area contributed by atoms with Crippen LogP contribution in [0.2, 0.25) is 0 Å². The molecule has 0 spiro atoms. The summed E-state index contributed by atoms with van der Waals surface area (Å²) in [5.74, 6) is 0. The number of allylic oxidation sites excluding steroid dienone is 1. The van der Waals surface area contributed by atoms with E-state index in [0.717, 1.165) is 17.6 Å². The number of benzene rings is 1. The van der Waals surface area contributed by atoms with Gasteiger partial charge in [-0.05, 0) is 38.3 Å². The minimum Gasteiger partial charge on any atom is -0.309 e. The minimum absolute atomic E-state index is 0.327. The molecule has 16 heavy (non-hydrogen) atoms. The minimum atomic E-state index is -0.327. The highest BCUT2D eigenvalue weighted by Gasteiger charge is 2.29. The van der Waals surface area contributed by atoms with Crippen LogP contribution >= 0.6 is 0 Å². The van der Waals surface area contributed by atoms with E-state index in [4.69, 9.17) is 5.41 Å². The summed E-state index contributed by atoms with van der Waals surface area (Å²) in [6.07, 6.45) is 1.05. The van der Waals surface area contributed by atoms with Gasteiger partial charge in [0.15, 0.2) is 0 Å². The number of hydrogen-bond acceptors (Lipinski definition) is 1. The Hall–Kier alpha value is -1.37. The Bertz CT molecular complexity index is 384. The molecule has 0 amide bonds. The molecule has 1 aromatic rings. The first-order chi connectivity index (χ1) is 7.42. The predicted octanol–water partition coefficient (Wildman–Crippen LogP) is 4.12. The van der Waals surface area contributed by atoms with Gasteiger partial charge in [-0.3, -0.25) is 0 Å². The maximum Gasteiger partial charge on any atom is 0.0501 e. The Labute approximate surface area is 98.7 Å². The standard InChI is InChI=1S/C15H21N/c1-6-13-7-9-14(10-8-13)15(5,11(2)3)12(4)16/h7-10,16H,2,6H2,1,3-5H3. The molecule has 0 aromatic heterocycles. The van der Waals surface area contributed by atoms with Crippen molar-refractivity contribution in [2.45, 2.75) is 39.5 Å². The third-order valence-electron chi connectivity index (χ3n) is 3.54. The average Bonchev–Trinajstić information content (AvgIpc) is 2.27. The summed E-state index contributed by atoms with van der Waals surface area (Å²) in [4.78, 5) is 0. The van der Waals surface area contributed by atoms with Crippen molar-refractivity contribution in [1.29, 1.82) is 5.41 Å². The van der Waals surface area contributed by atoms with Crippen molar-refractivity contribution < 1.29 is 0 Å². The van der Waals surface area contributed by atoms with E-state index in [0.29, 0.717) is 5.71 Å². The summed E-state index contributed by atoms with van der Waals surface area (Å²) in [6.45, 7) is 12.1. The summed E-state index contributed by atoms with van der Waals surface area (Å²) >= 11 is 0. The Morgan fingerprint density at radius 2 is 1.75 bits per heavy atom. The first-order valence-electron chi connectivity index (χ1n) is 5.74. The summed E-state index contributed by atoms with van der Waals surface area (Å²) in [5, 5.41) is 7.95. The molecule has 0 heterocycles. The lowest BCUT2D eigenvalue weighted by Gasteiger charge is -2.30. The molecule has 1 rings (SSSR count). The molecule has 1 N–H and O–H groups in total. The zero-order valence-electron chi connectivity index (χ0n) is 10.7. The van der Waals surface area contributed by atoms with Crippen molar-refractivity contribution in [3.05, 3.63) is 47.5 Å². The number of aryl methyl sites for hydroxylation is 1. The molecular weight excluding hydrogens is 194 g/mol. The second-order valence-electron chi connectivity index (χ2n) is 4.58. The molecule has 1 heteroatoms. The molecule has 0 saturated carbocycles. The van der Waals surface area contributed by atoms with E-state index in [1.165, 1.54) is 5.56 Å². The van der Waals surface area contributed by atoms with Gasteiger partial charge in [0.2, 0.25) is 0 Å². The SMILES string of the molecule is C=C(C)C(C)(C(C)=N)c1ccc(CC)cc1. The van der Waals surface area contributed by atoms with Crippen LogP contribution in [-0.2, 0) is 11.8 Å². The van der Waals surface area contributed by atoms with E-state index in [2.05, 4.69) is 44.7 Å². The molecule has 86 valence electrons. The molecule has 0 bridgehead atoms. The van der Waals surface area contributed by atoms with Crippen molar-refractivity contribution in [2.75, 3.05) is 0 Å². The highest BCUT2D eigenvalue weighted by Crippen LogP contribution is 2.32. The summed E-state index contributed by atoms with van der Waals surface area (Å²) in [6, 6.07) is 8.51. The molecule has 1 aromatic carbocycles. The van der Waals surface area contributed by atoms with Crippen LogP contribution in [0, 0.1) is 5.41 Å². The molecule has 1 nitrogen and oxygen atoms in total. The number of hydrogen-bond donors (Lipinski definition) is 1. The second-order valence-corrected chi connectivity index (χ2v) is 4.58. The largest absolute Gasteiger partial charge is 0.309 e. The van der Waals surface area contributed by atoms with Crippen molar-refractivity contribution >= 4 is 5.71 Å². The van der Waals surface area contributed by atoms with Crippen LogP contribution in [0.4, 0.5) is 0 Å². The van der Waals surface area contributed by atoms with Crippen LogP contribution in [0.1, 0.15) is 38.8 Å². The smallest absolute Gasteiger partial charge is 0.0501 e. The van der Waals surface area contributed by atoms with Crippen LogP contribution < -0.4 is 0 Å². The van der Waals surface area contributed by atoms with Gasteiger partial charge in [-0.15, -0.1) is 0 Å². The molecule has 1 unspecified atom stereocenters. The molecule has 0 aliphatic heterocycles. The predicted molar refractivity (Wildman–Crippen MR) is 71.4 cm³/mol. The van der Waals surface area contributed by atoms with Gasteiger partial charge in [0.1, 0.15) is 0 Å². The zero-order valence-corrected chi connectivity index (χ0v) is 10.7. The lowest BCUT2D eigenvalue weighted by Crippen LogP contribution is -2.31. The molecule has 1 atom stereocenters. The van der Waals surface area contributed by atoms with Gasteiger partial charge in [0, 0.05) is 5.71 Å². The molecular formula is C15H21N. The van der Waals surface area contributed by atoms with E-state index in [9.17, 15) is 0 Å². The third kappa shape index (κ3) is 2.08. The van der Waals surface area contributed by atoms with Gasteiger partial charge in [0.25, 0.3) is 0 Å². The van der Waals surface area contributed by atoms with Crippen LogP contribution in [0.3, 0.4) is 0 Å². The molecule has 0 fully saturated rings. The number of rotatable bonds is 4. The quantitative estimate of drug-likeness (QED) is 0.577. The van der Waals surface area contributed by atoms with Gasteiger partial charge in [-0.25, -0.2) is 0 Å². The van der Waals surface area contributed by atoms with E-state index in [1.54, 1.807) is 0 Å². The fraction of sp³-hybridized carbons (Fsp3) is 0.400. The molecule has 0 saturated heterocycles. The summed E-state index contributed by atoms with van der Waals surface area (Å²) in [5.41, 5.74) is 3.82. The van der Waals surface area contributed by atoms with Gasteiger partial charge in [0.05, 0.1) is 5.41 Å². The zero-order chi connectivity index (χ0) is 12.3. The van der Waals surface area contributed by atoms with Crippen molar-refractivity contribution in [2.24, 2.45) is 0 Å². The topological polar surface area (TPSA) is 23.9 Å². The molecule has 0 aliphatic rings. The van der Waals surface area contributed by atoms with Gasteiger partial charge < -0.3 is 5.41 Å². The van der Waals surface area contributed by atoms with Crippen molar-refractivity contribution in [1.82, 2.24) is 0 Å². The van der Waals surface area contributed by atoms with Gasteiger partial charge >= 0.3 is 0 Å². The maximum absolute atomic E-state index is 7.95. The summed E-state index contributed by atoms with van der Waals surface area (Å²) < 4.78 is 0. The number of nitrogens with one attached hydrogen (secondary N) is 1. The van der Waals surface area contributed by atoms with Crippen molar-refractivity contribution in [3.8, 4) is 0 Å². The van der Waals surface area contributed by atoms with Gasteiger partial charge in [-0.2, -0.15) is 0 Å². The first-order valence-corrected chi connectivity index (χ1v) is 5.74. The van der Waals surface area contributed by atoms with E-state index >= 15 is 0 Å². The van der Waals surface area contributed by atoms with Crippen LogP contribution in [0.5, 0.6) is 0 Å². The van der Waals surface area contributed by atoms with Crippen LogP contribution in [0.15, 0.2) is 36.4 Å². The highest BCUT2D eigenvalue weighted by molar-refractivity contribution is 5.93. The fourth-order valence-electron chi connectivity index (χ4n) is 1.86. The fourth-order valence-corrected chi connectivity index (χ4v) is 1.86. The normalized spacial score (nSPS) is 14.2. The Kier molecular flexibility index (Phi) is 3.69.